The summed E-state index contributed by atoms with van der Waals surface area (Å²) in [6, 6.07) is 4.75. The Morgan fingerprint density at radius 2 is 1.94 bits per heavy atom. The summed E-state index contributed by atoms with van der Waals surface area (Å²) in [5, 5.41) is 3.38. The summed E-state index contributed by atoms with van der Waals surface area (Å²) in [6.45, 7) is 4.05. The van der Waals surface area contributed by atoms with Gasteiger partial charge in [-0.1, -0.05) is 0 Å². The summed E-state index contributed by atoms with van der Waals surface area (Å²) in [6.07, 6.45) is 2.20. The highest BCUT2D eigenvalue weighted by atomic mass is 19.1. The summed E-state index contributed by atoms with van der Waals surface area (Å²) in [7, 11) is 1.59. The molecule has 1 aliphatic rings. The lowest BCUT2D eigenvalue weighted by Gasteiger charge is -2.28. The molecule has 3 nitrogen and oxygen atoms in total. The van der Waals surface area contributed by atoms with Gasteiger partial charge in [0.1, 0.15) is 11.6 Å². The second-order valence-electron chi connectivity index (χ2n) is 4.26. The molecule has 0 aromatic heterocycles. The van der Waals surface area contributed by atoms with E-state index in [1.54, 1.807) is 7.11 Å². The van der Waals surface area contributed by atoms with Crippen LogP contribution in [-0.4, -0.2) is 33.3 Å². The van der Waals surface area contributed by atoms with Gasteiger partial charge < -0.3 is 15.0 Å². The molecule has 1 aromatic carbocycles. The van der Waals surface area contributed by atoms with E-state index in [4.69, 9.17) is 4.74 Å². The van der Waals surface area contributed by atoms with Gasteiger partial charge in [0.15, 0.2) is 0 Å². The highest BCUT2D eigenvalue weighted by molar-refractivity contribution is 5.58. The lowest BCUT2D eigenvalue weighted by atomic mass is 10.2. The summed E-state index contributed by atoms with van der Waals surface area (Å²) in [5.74, 6) is 0.373. The molecular formula is C13H19FN2O. The zero-order valence-corrected chi connectivity index (χ0v) is 10.2. The second-order valence-corrected chi connectivity index (χ2v) is 4.26. The molecule has 1 fully saturated rings. The molecule has 1 aliphatic heterocycles. The average Bonchev–Trinajstić information content (AvgIpc) is 2.29. The van der Waals surface area contributed by atoms with E-state index in [0.717, 1.165) is 44.7 Å². The molecule has 4 heteroatoms. The Bertz CT molecular complexity index is 362. The summed E-state index contributed by atoms with van der Waals surface area (Å²) >= 11 is 0. The first-order valence-electron chi connectivity index (χ1n) is 6.10. The maximum absolute atomic E-state index is 13.1. The maximum atomic E-state index is 13.1. The van der Waals surface area contributed by atoms with E-state index in [2.05, 4.69) is 10.2 Å². The van der Waals surface area contributed by atoms with Gasteiger partial charge in [0.05, 0.1) is 12.8 Å². The number of benzene rings is 1. The fourth-order valence-electron chi connectivity index (χ4n) is 2.18. The van der Waals surface area contributed by atoms with Crippen LogP contribution in [0.4, 0.5) is 10.1 Å². The molecule has 1 saturated heterocycles. The van der Waals surface area contributed by atoms with E-state index in [0.29, 0.717) is 5.75 Å². The molecular weight excluding hydrogens is 219 g/mol. The fourth-order valence-corrected chi connectivity index (χ4v) is 2.18. The molecule has 0 saturated carbocycles. The van der Waals surface area contributed by atoms with E-state index in [1.165, 1.54) is 12.1 Å². The van der Waals surface area contributed by atoms with Crippen LogP contribution < -0.4 is 15.0 Å². The van der Waals surface area contributed by atoms with E-state index in [9.17, 15) is 4.39 Å². The third-order valence-corrected chi connectivity index (χ3v) is 3.05. The van der Waals surface area contributed by atoms with E-state index < -0.39 is 0 Å². The van der Waals surface area contributed by atoms with Crippen LogP contribution in [0.25, 0.3) is 0 Å². The van der Waals surface area contributed by atoms with E-state index in [-0.39, 0.29) is 5.82 Å². The zero-order chi connectivity index (χ0) is 12.1. The van der Waals surface area contributed by atoms with Crippen LogP contribution in [0.2, 0.25) is 0 Å². The SMILES string of the molecule is COc1cc(F)ccc1N1CCCNCCC1. The standard InChI is InChI=1S/C13H19FN2O/c1-17-13-10-11(14)4-5-12(13)16-8-2-6-15-7-3-9-16/h4-5,10,15H,2-3,6-9H2,1H3. The Morgan fingerprint density at radius 1 is 1.24 bits per heavy atom. The van der Waals surface area contributed by atoms with Gasteiger partial charge in [-0.2, -0.15) is 0 Å². The molecule has 0 spiro atoms. The minimum Gasteiger partial charge on any atom is -0.494 e. The number of methoxy groups -OCH3 is 1. The second kappa shape index (κ2) is 5.87. The lowest BCUT2D eigenvalue weighted by molar-refractivity contribution is 0.410. The molecule has 17 heavy (non-hydrogen) atoms. The lowest BCUT2D eigenvalue weighted by Crippen LogP contribution is -2.34. The van der Waals surface area contributed by atoms with Gasteiger partial charge >= 0.3 is 0 Å². The number of halogens is 1. The first-order chi connectivity index (χ1) is 8.31. The molecule has 0 aliphatic carbocycles. The van der Waals surface area contributed by atoms with Crippen molar-refractivity contribution in [2.75, 3.05) is 38.2 Å². The minimum atomic E-state index is -0.251. The minimum absolute atomic E-state index is 0.251. The Kier molecular flexibility index (Phi) is 4.20. The van der Waals surface area contributed by atoms with Crippen LogP contribution in [0.3, 0.4) is 0 Å². The van der Waals surface area contributed by atoms with Crippen molar-refractivity contribution in [2.24, 2.45) is 0 Å². The molecule has 0 unspecified atom stereocenters. The van der Waals surface area contributed by atoms with Crippen molar-refractivity contribution in [1.82, 2.24) is 5.32 Å². The summed E-state index contributed by atoms with van der Waals surface area (Å²) in [5.41, 5.74) is 0.996. The van der Waals surface area contributed by atoms with Crippen LogP contribution in [0.5, 0.6) is 5.75 Å². The predicted molar refractivity (Wildman–Crippen MR) is 67.3 cm³/mol. The Hall–Kier alpha value is -1.29. The topological polar surface area (TPSA) is 24.5 Å². The van der Waals surface area contributed by atoms with Crippen molar-refractivity contribution in [1.29, 1.82) is 0 Å². The van der Waals surface area contributed by atoms with Crippen LogP contribution in [0.1, 0.15) is 12.8 Å². The number of hydrogen-bond donors (Lipinski definition) is 1. The smallest absolute Gasteiger partial charge is 0.145 e. The van der Waals surface area contributed by atoms with Gasteiger partial charge in [-0.25, -0.2) is 4.39 Å². The summed E-state index contributed by atoms with van der Waals surface area (Å²) < 4.78 is 18.4. The van der Waals surface area contributed by atoms with Gasteiger partial charge in [0, 0.05) is 19.2 Å². The van der Waals surface area contributed by atoms with Crippen LogP contribution in [0.15, 0.2) is 18.2 Å². The Balaban J connectivity index is 2.18. The van der Waals surface area contributed by atoms with Gasteiger partial charge in [-0.3, -0.25) is 0 Å². The Morgan fingerprint density at radius 3 is 2.59 bits per heavy atom. The van der Waals surface area contributed by atoms with Crippen LogP contribution in [0, 0.1) is 5.82 Å². The first kappa shape index (κ1) is 12.2. The third kappa shape index (κ3) is 3.09. The molecule has 1 heterocycles. The number of nitrogens with zero attached hydrogens (tertiary/aromatic N) is 1. The maximum Gasteiger partial charge on any atom is 0.145 e. The number of ether oxygens (including phenoxy) is 1. The molecule has 94 valence electrons. The fraction of sp³-hybridized carbons (Fsp3) is 0.538. The normalized spacial score (nSPS) is 17.4. The van der Waals surface area contributed by atoms with E-state index >= 15 is 0 Å². The highest BCUT2D eigenvalue weighted by Crippen LogP contribution is 2.29. The Labute approximate surface area is 102 Å². The van der Waals surface area contributed by atoms with Crippen LogP contribution in [-0.2, 0) is 0 Å². The molecule has 0 bridgehead atoms. The van der Waals surface area contributed by atoms with Gasteiger partial charge in [-0.05, 0) is 38.1 Å². The number of anilines is 1. The quantitative estimate of drug-likeness (QED) is 0.853. The molecule has 0 radical (unpaired) electrons. The predicted octanol–water partition coefficient (Wildman–Crippen LogP) is 2.02. The highest BCUT2D eigenvalue weighted by Gasteiger charge is 2.13. The molecule has 1 aromatic rings. The van der Waals surface area contributed by atoms with Gasteiger partial charge in [-0.15, -0.1) is 0 Å². The zero-order valence-electron chi connectivity index (χ0n) is 10.2. The molecule has 0 atom stereocenters. The van der Waals surface area contributed by atoms with Crippen molar-refractivity contribution >= 4 is 5.69 Å². The number of nitrogens with one attached hydrogen (secondary N) is 1. The van der Waals surface area contributed by atoms with Crippen molar-refractivity contribution in [3.63, 3.8) is 0 Å². The molecule has 0 amide bonds. The number of rotatable bonds is 2. The molecule has 2 rings (SSSR count). The third-order valence-electron chi connectivity index (χ3n) is 3.05. The average molecular weight is 238 g/mol. The number of hydrogen-bond acceptors (Lipinski definition) is 3. The van der Waals surface area contributed by atoms with Gasteiger partial charge in [0.2, 0.25) is 0 Å². The van der Waals surface area contributed by atoms with Crippen molar-refractivity contribution in [3.05, 3.63) is 24.0 Å². The van der Waals surface area contributed by atoms with E-state index in [1.807, 2.05) is 6.07 Å². The van der Waals surface area contributed by atoms with Crippen molar-refractivity contribution in [2.45, 2.75) is 12.8 Å². The van der Waals surface area contributed by atoms with Crippen molar-refractivity contribution in [3.8, 4) is 5.75 Å². The monoisotopic (exact) mass is 238 g/mol. The molecule has 1 N–H and O–H groups in total. The van der Waals surface area contributed by atoms with Gasteiger partial charge in [0.25, 0.3) is 0 Å². The summed E-state index contributed by atoms with van der Waals surface area (Å²) in [4.78, 5) is 2.28. The van der Waals surface area contributed by atoms with Crippen molar-refractivity contribution < 1.29 is 9.13 Å². The largest absolute Gasteiger partial charge is 0.494 e. The first-order valence-corrected chi connectivity index (χ1v) is 6.10. The van der Waals surface area contributed by atoms with Crippen LogP contribution >= 0.6 is 0 Å².